The molecular formula is C12H12ClN5O2. The second-order valence-corrected chi connectivity index (χ2v) is 4.46. The van der Waals surface area contributed by atoms with Gasteiger partial charge in [0.25, 0.3) is 0 Å². The molecule has 2 heterocycles. The minimum atomic E-state index is 0.0364. The van der Waals surface area contributed by atoms with Crippen LogP contribution in [0.5, 0.6) is 11.5 Å². The van der Waals surface area contributed by atoms with Crippen molar-refractivity contribution >= 4 is 29.2 Å². The lowest BCUT2D eigenvalue weighted by molar-refractivity contribution is 0.297. The lowest BCUT2D eigenvalue weighted by Crippen LogP contribution is -2.03. The highest BCUT2D eigenvalue weighted by Gasteiger charge is 2.11. The van der Waals surface area contributed by atoms with Crippen LogP contribution in [0.3, 0.4) is 0 Å². The number of nitrogen functional groups attached to an aromatic ring is 1. The van der Waals surface area contributed by atoms with Gasteiger partial charge >= 0.3 is 0 Å². The SMILES string of the molecule is Nc1nc(Cl)nc(Nc2ccc3c(c2)OCCCO3)n1. The van der Waals surface area contributed by atoms with Gasteiger partial charge in [0.2, 0.25) is 17.2 Å². The number of hydrogen-bond acceptors (Lipinski definition) is 7. The number of nitrogens with zero attached hydrogens (tertiary/aromatic N) is 3. The Morgan fingerprint density at radius 1 is 1.10 bits per heavy atom. The quantitative estimate of drug-likeness (QED) is 0.874. The Morgan fingerprint density at radius 3 is 2.70 bits per heavy atom. The third kappa shape index (κ3) is 2.83. The van der Waals surface area contributed by atoms with E-state index < -0.39 is 0 Å². The summed E-state index contributed by atoms with van der Waals surface area (Å²) in [6.07, 6.45) is 0.858. The molecule has 2 aromatic rings. The maximum Gasteiger partial charge on any atom is 0.233 e. The van der Waals surface area contributed by atoms with Crippen LogP contribution in [0.15, 0.2) is 18.2 Å². The van der Waals surface area contributed by atoms with Gasteiger partial charge in [-0.15, -0.1) is 0 Å². The van der Waals surface area contributed by atoms with E-state index in [4.69, 9.17) is 26.8 Å². The molecule has 7 nitrogen and oxygen atoms in total. The molecule has 0 saturated heterocycles. The summed E-state index contributed by atoms with van der Waals surface area (Å²) < 4.78 is 11.2. The van der Waals surface area contributed by atoms with Crippen molar-refractivity contribution in [2.45, 2.75) is 6.42 Å². The normalized spacial score (nSPS) is 13.7. The number of nitrogens with one attached hydrogen (secondary N) is 1. The summed E-state index contributed by atoms with van der Waals surface area (Å²) in [6.45, 7) is 1.28. The van der Waals surface area contributed by atoms with Gasteiger partial charge in [-0.25, -0.2) is 0 Å². The summed E-state index contributed by atoms with van der Waals surface area (Å²) in [7, 11) is 0. The van der Waals surface area contributed by atoms with E-state index in [0.717, 1.165) is 17.9 Å². The molecular weight excluding hydrogens is 282 g/mol. The summed E-state index contributed by atoms with van der Waals surface area (Å²) in [4.78, 5) is 11.6. The lowest BCUT2D eigenvalue weighted by Gasteiger charge is -2.10. The number of aromatic nitrogens is 3. The van der Waals surface area contributed by atoms with E-state index in [0.29, 0.717) is 19.0 Å². The van der Waals surface area contributed by atoms with Gasteiger partial charge in [0.15, 0.2) is 11.5 Å². The zero-order valence-corrected chi connectivity index (χ0v) is 11.2. The average Bonchev–Trinajstić information content (AvgIpc) is 2.62. The van der Waals surface area contributed by atoms with Crippen LogP contribution in [0.4, 0.5) is 17.6 Å². The molecule has 0 amide bonds. The van der Waals surface area contributed by atoms with Crippen molar-refractivity contribution in [2.75, 3.05) is 24.3 Å². The van der Waals surface area contributed by atoms with Crippen molar-refractivity contribution in [2.24, 2.45) is 0 Å². The molecule has 0 fully saturated rings. The Morgan fingerprint density at radius 2 is 1.90 bits per heavy atom. The molecule has 3 N–H and O–H groups in total. The van der Waals surface area contributed by atoms with Gasteiger partial charge in [-0.2, -0.15) is 15.0 Å². The Balaban J connectivity index is 1.85. The van der Waals surface area contributed by atoms with E-state index in [-0.39, 0.29) is 17.2 Å². The van der Waals surface area contributed by atoms with Crippen molar-refractivity contribution in [1.82, 2.24) is 15.0 Å². The van der Waals surface area contributed by atoms with Crippen molar-refractivity contribution in [1.29, 1.82) is 0 Å². The molecule has 0 aliphatic carbocycles. The molecule has 1 aromatic heterocycles. The highest BCUT2D eigenvalue weighted by molar-refractivity contribution is 6.28. The number of fused-ring (bicyclic) bond motifs is 1. The highest BCUT2D eigenvalue weighted by Crippen LogP contribution is 2.32. The molecule has 0 unspecified atom stereocenters. The summed E-state index contributed by atoms with van der Waals surface area (Å²) >= 11 is 5.73. The topological polar surface area (TPSA) is 95.2 Å². The van der Waals surface area contributed by atoms with E-state index in [1.807, 2.05) is 18.2 Å². The molecule has 0 radical (unpaired) electrons. The average molecular weight is 294 g/mol. The van der Waals surface area contributed by atoms with Crippen molar-refractivity contribution in [3.63, 3.8) is 0 Å². The number of nitrogens with two attached hydrogens (primary N) is 1. The number of hydrogen-bond donors (Lipinski definition) is 2. The molecule has 1 aromatic carbocycles. The molecule has 0 bridgehead atoms. The molecule has 104 valence electrons. The van der Waals surface area contributed by atoms with Crippen LogP contribution < -0.4 is 20.5 Å². The van der Waals surface area contributed by atoms with Crippen LogP contribution in [0.2, 0.25) is 5.28 Å². The Bertz CT molecular complexity index is 617. The molecule has 3 rings (SSSR count). The zero-order chi connectivity index (χ0) is 13.9. The van der Waals surface area contributed by atoms with Crippen molar-refractivity contribution < 1.29 is 9.47 Å². The molecule has 0 atom stereocenters. The first-order valence-corrected chi connectivity index (χ1v) is 6.42. The van der Waals surface area contributed by atoms with Crippen LogP contribution in [-0.4, -0.2) is 28.2 Å². The molecule has 20 heavy (non-hydrogen) atoms. The number of anilines is 3. The lowest BCUT2D eigenvalue weighted by atomic mass is 10.3. The van der Waals surface area contributed by atoms with Crippen molar-refractivity contribution in [3.05, 3.63) is 23.5 Å². The van der Waals surface area contributed by atoms with E-state index in [2.05, 4.69) is 20.3 Å². The van der Waals surface area contributed by atoms with Crippen LogP contribution in [0.1, 0.15) is 6.42 Å². The van der Waals surface area contributed by atoms with E-state index in [1.165, 1.54) is 0 Å². The van der Waals surface area contributed by atoms with Crippen LogP contribution in [-0.2, 0) is 0 Å². The summed E-state index contributed by atoms with van der Waals surface area (Å²) in [5, 5.41) is 3.03. The fourth-order valence-corrected chi connectivity index (χ4v) is 1.96. The van der Waals surface area contributed by atoms with Gasteiger partial charge in [0.1, 0.15) is 0 Å². The largest absolute Gasteiger partial charge is 0.490 e. The van der Waals surface area contributed by atoms with Gasteiger partial charge in [0.05, 0.1) is 13.2 Å². The Kier molecular flexibility index (Phi) is 3.42. The molecule has 1 aliphatic heterocycles. The summed E-state index contributed by atoms with van der Waals surface area (Å²) in [5.74, 6) is 1.74. The number of benzene rings is 1. The van der Waals surface area contributed by atoms with Gasteiger partial charge in [-0.3, -0.25) is 0 Å². The van der Waals surface area contributed by atoms with Gasteiger partial charge in [-0.05, 0) is 23.7 Å². The predicted molar refractivity (Wildman–Crippen MR) is 74.6 cm³/mol. The van der Waals surface area contributed by atoms with Gasteiger partial charge in [-0.1, -0.05) is 0 Å². The first-order chi connectivity index (χ1) is 9.70. The predicted octanol–water partition coefficient (Wildman–Crippen LogP) is 2.01. The first-order valence-electron chi connectivity index (χ1n) is 6.04. The van der Waals surface area contributed by atoms with Gasteiger partial charge in [0, 0.05) is 18.2 Å². The summed E-state index contributed by atoms with van der Waals surface area (Å²) in [5.41, 5.74) is 6.26. The second kappa shape index (κ2) is 5.38. The maximum atomic E-state index is 5.73. The number of rotatable bonds is 2. The van der Waals surface area contributed by atoms with Gasteiger partial charge < -0.3 is 20.5 Å². The molecule has 0 saturated carbocycles. The maximum absolute atomic E-state index is 5.73. The minimum Gasteiger partial charge on any atom is -0.490 e. The number of ether oxygens (including phenoxy) is 2. The third-order valence-corrected chi connectivity index (χ3v) is 2.80. The van der Waals surface area contributed by atoms with Crippen molar-refractivity contribution in [3.8, 4) is 11.5 Å². The third-order valence-electron chi connectivity index (χ3n) is 2.63. The second-order valence-electron chi connectivity index (χ2n) is 4.12. The molecule has 1 aliphatic rings. The van der Waals surface area contributed by atoms with Crippen LogP contribution in [0.25, 0.3) is 0 Å². The fourth-order valence-electron chi connectivity index (χ4n) is 1.79. The zero-order valence-electron chi connectivity index (χ0n) is 10.5. The number of halogens is 1. The highest BCUT2D eigenvalue weighted by atomic mass is 35.5. The summed E-state index contributed by atoms with van der Waals surface area (Å²) in [6, 6.07) is 5.48. The standard InChI is InChI=1S/C12H12ClN5O2/c13-10-16-11(14)18-12(17-10)15-7-2-3-8-9(6-7)20-5-1-4-19-8/h2-3,6H,1,4-5H2,(H3,14,15,16,17,18). The monoisotopic (exact) mass is 293 g/mol. The van der Waals surface area contributed by atoms with Crippen LogP contribution in [0, 0.1) is 0 Å². The van der Waals surface area contributed by atoms with E-state index in [9.17, 15) is 0 Å². The van der Waals surface area contributed by atoms with Crippen LogP contribution >= 0.6 is 11.6 Å². The van der Waals surface area contributed by atoms with E-state index >= 15 is 0 Å². The fraction of sp³-hybridized carbons (Fsp3) is 0.250. The minimum absolute atomic E-state index is 0.0364. The van der Waals surface area contributed by atoms with E-state index in [1.54, 1.807) is 0 Å². The Hall–Kier alpha value is -2.28. The molecule has 8 heteroatoms. The Labute approximate surface area is 120 Å². The molecule has 0 spiro atoms. The first kappa shape index (κ1) is 12.7. The smallest absolute Gasteiger partial charge is 0.233 e.